The molecule has 0 saturated heterocycles. The highest BCUT2D eigenvalue weighted by Gasteiger charge is 2.29. The number of nitrogens with zero attached hydrogens (tertiary/aromatic N) is 1. The molecule has 5 nitrogen and oxygen atoms in total. The fraction of sp³-hybridized carbons (Fsp3) is 0.423. The van der Waals surface area contributed by atoms with Crippen molar-refractivity contribution in [2.24, 2.45) is 5.92 Å². The van der Waals surface area contributed by atoms with Gasteiger partial charge in [-0.1, -0.05) is 38.1 Å². The molecular formula is C26H31NO4. The molecule has 0 aliphatic carbocycles. The van der Waals surface area contributed by atoms with Gasteiger partial charge >= 0.3 is 5.97 Å². The molecule has 31 heavy (non-hydrogen) atoms. The molecule has 0 spiro atoms. The summed E-state index contributed by atoms with van der Waals surface area (Å²) in [5, 5.41) is 0. The highest BCUT2D eigenvalue weighted by Crippen LogP contribution is 2.31. The molecule has 2 aromatic carbocycles. The summed E-state index contributed by atoms with van der Waals surface area (Å²) in [5.74, 6) is -0.588. The van der Waals surface area contributed by atoms with E-state index < -0.39 is 5.60 Å². The van der Waals surface area contributed by atoms with Gasteiger partial charge in [-0.25, -0.2) is 0 Å². The number of carbonyl (C=O) groups is 3. The summed E-state index contributed by atoms with van der Waals surface area (Å²) in [4.78, 5) is 39.1. The number of ketones is 1. The Labute approximate surface area is 184 Å². The number of ether oxygens (including phenoxy) is 1. The predicted octanol–water partition coefficient (Wildman–Crippen LogP) is 5.06. The zero-order chi connectivity index (χ0) is 22.9. The van der Waals surface area contributed by atoms with Gasteiger partial charge in [0.05, 0.1) is 12.5 Å². The second-order valence-corrected chi connectivity index (χ2v) is 9.53. The molecular weight excluding hydrogens is 390 g/mol. The van der Waals surface area contributed by atoms with E-state index in [1.54, 1.807) is 4.90 Å². The van der Waals surface area contributed by atoms with E-state index in [1.807, 2.05) is 84.0 Å². The van der Waals surface area contributed by atoms with Crippen LogP contribution in [0.2, 0.25) is 0 Å². The monoisotopic (exact) mass is 421 g/mol. The largest absolute Gasteiger partial charge is 0.460 e. The van der Waals surface area contributed by atoms with Crippen molar-refractivity contribution >= 4 is 23.3 Å². The van der Waals surface area contributed by atoms with Crippen LogP contribution in [0.5, 0.6) is 0 Å². The first-order valence-corrected chi connectivity index (χ1v) is 10.8. The smallest absolute Gasteiger partial charge is 0.313 e. The van der Waals surface area contributed by atoms with E-state index in [-0.39, 0.29) is 29.5 Å². The number of rotatable bonds is 6. The Balaban J connectivity index is 1.74. The van der Waals surface area contributed by atoms with Crippen LogP contribution in [-0.4, -0.2) is 23.3 Å². The number of amides is 1. The van der Waals surface area contributed by atoms with Crippen LogP contribution < -0.4 is 4.90 Å². The van der Waals surface area contributed by atoms with Crippen LogP contribution in [0, 0.1) is 5.92 Å². The standard InChI is InChI=1S/C26H31NO4/c1-16(2)23(28)14-18-7-8-20-15-27(24(29)22(20)13-18)21-11-9-19(10-12-21)17(3)25(30)31-26(4,5)6/h7-13,16-17H,14-15H2,1-6H3. The van der Waals surface area contributed by atoms with E-state index in [4.69, 9.17) is 4.74 Å². The van der Waals surface area contributed by atoms with Gasteiger partial charge < -0.3 is 9.64 Å². The Hall–Kier alpha value is -2.95. The first-order valence-electron chi connectivity index (χ1n) is 10.8. The third kappa shape index (κ3) is 5.22. The zero-order valence-electron chi connectivity index (χ0n) is 19.2. The van der Waals surface area contributed by atoms with Crippen molar-refractivity contribution in [3.05, 3.63) is 64.7 Å². The van der Waals surface area contributed by atoms with Gasteiger partial charge in [0.1, 0.15) is 11.4 Å². The van der Waals surface area contributed by atoms with Crippen molar-refractivity contribution < 1.29 is 19.1 Å². The maximum absolute atomic E-state index is 13.0. The lowest BCUT2D eigenvalue weighted by Crippen LogP contribution is -2.27. The zero-order valence-corrected chi connectivity index (χ0v) is 19.2. The number of hydrogen-bond acceptors (Lipinski definition) is 4. The van der Waals surface area contributed by atoms with E-state index in [0.717, 1.165) is 22.4 Å². The molecule has 0 N–H and O–H groups in total. The predicted molar refractivity (Wildman–Crippen MR) is 121 cm³/mol. The summed E-state index contributed by atoms with van der Waals surface area (Å²) >= 11 is 0. The van der Waals surface area contributed by atoms with Gasteiger partial charge in [0.25, 0.3) is 5.91 Å². The van der Waals surface area contributed by atoms with Gasteiger partial charge in [-0.05, 0) is 62.6 Å². The number of anilines is 1. The van der Waals surface area contributed by atoms with Crippen molar-refractivity contribution in [3.63, 3.8) is 0 Å². The molecule has 164 valence electrons. The Morgan fingerprint density at radius 1 is 1.03 bits per heavy atom. The lowest BCUT2D eigenvalue weighted by atomic mass is 9.98. The number of benzene rings is 2. The Morgan fingerprint density at radius 3 is 2.26 bits per heavy atom. The van der Waals surface area contributed by atoms with Crippen LogP contribution in [0.3, 0.4) is 0 Å². The Kier molecular flexibility index (Phi) is 6.35. The summed E-state index contributed by atoms with van der Waals surface area (Å²) < 4.78 is 5.47. The van der Waals surface area contributed by atoms with Gasteiger partial charge in [-0.2, -0.15) is 0 Å². The van der Waals surface area contributed by atoms with Gasteiger partial charge in [0.15, 0.2) is 0 Å². The summed E-state index contributed by atoms with van der Waals surface area (Å²) in [5.41, 5.74) is 3.57. The molecule has 1 amide bonds. The van der Waals surface area contributed by atoms with E-state index in [1.165, 1.54) is 0 Å². The molecule has 0 radical (unpaired) electrons. The molecule has 1 aliphatic heterocycles. The van der Waals surface area contributed by atoms with Crippen molar-refractivity contribution in [3.8, 4) is 0 Å². The highest BCUT2D eigenvalue weighted by atomic mass is 16.6. The first kappa shape index (κ1) is 22.7. The van der Waals surface area contributed by atoms with Crippen LogP contribution >= 0.6 is 0 Å². The molecule has 0 bridgehead atoms. The number of Topliss-reactive ketones (excluding diaryl/α,β-unsaturated/α-hetero) is 1. The third-order valence-corrected chi connectivity index (χ3v) is 5.47. The van der Waals surface area contributed by atoms with Crippen molar-refractivity contribution in [1.29, 1.82) is 0 Å². The van der Waals surface area contributed by atoms with E-state index in [2.05, 4.69) is 0 Å². The van der Waals surface area contributed by atoms with Crippen LogP contribution in [-0.2, 0) is 27.3 Å². The Bertz CT molecular complexity index is 999. The van der Waals surface area contributed by atoms with Crippen LogP contribution in [0.1, 0.15) is 74.5 Å². The number of hydrogen-bond donors (Lipinski definition) is 0. The minimum absolute atomic E-state index is 0.0259. The summed E-state index contributed by atoms with van der Waals surface area (Å²) in [6, 6.07) is 13.2. The van der Waals surface area contributed by atoms with Crippen molar-refractivity contribution in [1.82, 2.24) is 0 Å². The van der Waals surface area contributed by atoms with E-state index in [0.29, 0.717) is 18.5 Å². The normalized spacial score (nSPS) is 14.5. The summed E-state index contributed by atoms with van der Waals surface area (Å²) in [6.07, 6.45) is 0.343. The van der Waals surface area contributed by atoms with Gasteiger partial charge in [0.2, 0.25) is 0 Å². The van der Waals surface area contributed by atoms with Gasteiger partial charge in [-0.3, -0.25) is 14.4 Å². The Morgan fingerprint density at radius 2 is 1.68 bits per heavy atom. The number of esters is 1. The van der Waals surface area contributed by atoms with Crippen LogP contribution in [0.25, 0.3) is 0 Å². The second kappa shape index (κ2) is 8.66. The van der Waals surface area contributed by atoms with E-state index >= 15 is 0 Å². The fourth-order valence-electron chi connectivity index (χ4n) is 3.54. The molecule has 2 aromatic rings. The average Bonchev–Trinajstić information content (AvgIpc) is 3.02. The number of fused-ring (bicyclic) bond motifs is 1. The molecule has 0 saturated carbocycles. The fourth-order valence-corrected chi connectivity index (χ4v) is 3.54. The lowest BCUT2D eigenvalue weighted by Gasteiger charge is -2.23. The highest BCUT2D eigenvalue weighted by molar-refractivity contribution is 6.10. The molecule has 3 rings (SSSR count). The molecule has 0 aromatic heterocycles. The van der Waals surface area contributed by atoms with Crippen LogP contribution in [0.15, 0.2) is 42.5 Å². The molecule has 5 heteroatoms. The molecule has 1 unspecified atom stereocenters. The molecule has 0 fully saturated rings. The quantitative estimate of drug-likeness (QED) is 0.612. The van der Waals surface area contributed by atoms with E-state index in [9.17, 15) is 14.4 Å². The molecule has 1 atom stereocenters. The minimum atomic E-state index is -0.530. The van der Waals surface area contributed by atoms with Crippen molar-refractivity contribution in [2.75, 3.05) is 4.90 Å². The average molecular weight is 422 g/mol. The summed E-state index contributed by atoms with van der Waals surface area (Å²) in [7, 11) is 0. The lowest BCUT2D eigenvalue weighted by molar-refractivity contribution is -0.156. The van der Waals surface area contributed by atoms with Crippen molar-refractivity contribution in [2.45, 2.75) is 66.0 Å². The third-order valence-electron chi connectivity index (χ3n) is 5.47. The molecule has 1 aliphatic rings. The minimum Gasteiger partial charge on any atom is -0.460 e. The van der Waals surface area contributed by atoms with Gasteiger partial charge in [-0.15, -0.1) is 0 Å². The number of carbonyl (C=O) groups excluding carboxylic acids is 3. The maximum atomic E-state index is 13.0. The molecule has 1 heterocycles. The van der Waals surface area contributed by atoms with Crippen LogP contribution in [0.4, 0.5) is 5.69 Å². The summed E-state index contributed by atoms with van der Waals surface area (Å²) in [6.45, 7) is 11.6. The second-order valence-electron chi connectivity index (χ2n) is 9.53. The first-order chi connectivity index (χ1) is 14.5. The maximum Gasteiger partial charge on any atom is 0.313 e. The topological polar surface area (TPSA) is 63.7 Å². The van der Waals surface area contributed by atoms with Gasteiger partial charge in [0, 0.05) is 23.6 Å². The SMILES string of the molecule is CC(C)C(=O)Cc1ccc2c(c1)C(=O)N(c1ccc(C(C)C(=O)OC(C)(C)C)cc1)C2.